The van der Waals surface area contributed by atoms with Gasteiger partial charge in [0.2, 0.25) is 6.10 Å². The minimum absolute atomic E-state index is 0.102. The van der Waals surface area contributed by atoms with Crippen molar-refractivity contribution < 1.29 is 23.8 Å². The van der Waals surface area contributed by atoms with Gasteiger partial charge in [0.05, 0.1) is 5.57 Å². The van der Waals surface area contributed by atoms with E-state index in [4.69, 9.17) is 25.8 Å². The maximum atomic E-state index is 12.1. The fourth-order valence-corrected chi connectivity index (χ4v) is 2.47. The molecule has 6 heteroatoms. The van der Waals surface area contributed by atoms with Crippen molar-refractivity contribution in [2.24, 2.45) is 0 Å². The van der Waals surface area contributed by atoms with Gasteiger partial charge in [-0.1, -0.05) is 11.6 Å². The normalized spacial score (nSPS) is 23.7. The number of carbonyl (C=O) groups is 2. The van der Waals surface area contributed by atoms with Crippen LogP contribution in [0.1, 0.15) is 18.9 Å². The number of halogens is 1. The lowest BCUT2D eigenvalue weighted by Gasteiger charge is -2.18. The van der Waals surface area contributed by atoms with E-state index in [0.29, 0.717) is 28.3 Å². The van der Waals surface area contributed by atoms with Crippen molar-refractivity contribution in [3.8, 4) is 5.75 Å². The third-order valence-electron chi connectivity index (χ3n) is 3.32. The highest BCUT2D eigenvalue weighted by molar-refractivity contribution is 6.30. The molecule has 0 unspecified atom stereocenters. The lowest BCUT2D eigenvalue weighted by molar-refractivity contribution is -0.158. The van der Waals surface area contributed by atoms with Crippen LogP contribution in [0.2, 0.25) is 5.02 Å². The monoisotopic (exact) mass is 308 g/mol. The molecule has 2 atom stereocenters. The number of carbonyl (C=O) groups excluding carboxylic acids is 2. The van der Waals surface area contributed by atoms with Crippen LogP contribution in [0.15, 0.2) is 23.8 Å². The highest BCUT2D eigenvalue weighted by Crippen LogP contribution is 2.29. The zero-order chi connectivity index (χ0) is 15.0. The van der Waals surface area contributed by atoms with Crippen molar-refractivity contribution in [3.63, 3.8) is 0 Å². The maximum absolute atomic E-state index is 12.1. The van der Waals surface area contributed by atoms with Crippen LogP contribution < -0.4 is 4.74 Å². The topological polar surface area (TPSA) is 61.8 Å². The van der Waals surface area contributed by atoms with E-state index in [1.165, 1.54) is 0 Å². The van der Waals surface area contributed by atoms with Crippen LogP contribution in [0.4, 0.5) is 0 Å². The Hall–Kier alpha value is -2.01. The average molecular weight is 309 g/mol. The second-order valence-electron chi connectivity index (χ2n) is 5.02. The first-order chi connectivity index (χ1) is 10.0. The molecule has 2 aliphatic rings. The summed E-state index contributed by atoms with van der Waals surface area (Å²) in [4.78, 5) is 23.6. The Morgan fingerprint density at radius 2 is 2.24 bits per heavy atom. The molecule has 0 spiro atoms. The summed E-state index contributed by atoms with van der Waals surface area (Å²) < 4.78 is 15.6. The zero-order valence-electron chi connectivity index (χ0n) is 11.3. The van der Waals surface area contributed by atoms with Crippen LogP contribution in [0.25, 0.3) is 6.08 Å². The van der Waals surface area contributed by atoms with Gasteiger partial charge in [-0.25, -0.2) is 9.59 Å². The molecule has 0 radical (unpaired) electrons. The molecule has 1 aromatic rings. The summed E-state index contributed by atoms with van der Waals surface area (Å²) in [6.45, 7) is 1.86. The third kappa shape index (κ3) is 2.88. The van der Waals surface area contributed by atoms with E-state index >= 15 is 0 Å². The average Bonchev–Trinajstić information content (AvgIpc) is 2.76. The van der Waals surface area contributed by atoms with Gasteiger partial charge in [-0.2, -0.15) is 0 Å². The number of fused-ring (bicyclic) bond motifs is 1. The molecular formula is C15H13ClO5. The minimum atomic E-state index is -0.839. The Kier molecular flexibility index (Phi) is 3.59. The molecule has 0 saturated carbocycles. The molecule has 1 aromatic carbocycles. The van der Waals surface area contributed by atoms with Crippen LogP contribution >= 0.6 is 11.6 Å². The predicted octanol–water partition coefficient (Wildman–Crippen LogP) is 2.36. The minimum Gasteiger partial charge on any atom is -0.488 e. The second kappa shape index (κ2) is 5.41. The number of rotatable bonds is 2. The summed E-state index contributed by atoms with van der Waals surface area (Å²) in [5, 5.41) is 0.552. The number of hydrogen-bond donors (Lipinski definition) is 0. The van der Waals surface area contributed by atoms with Gasteiger partial charge in [-0.05, 0) is 31.2 Å². The Morgan fingerprint density at radius 3 is 2.95 bits per heavy atom. The first kappa shape index (κ1) is 13.9. The molecular weight excluding hydrogens is 296 g/mol. The molecule has 0 N–H and O–H groups in total. The molecule has 2 heterocycles. The molecule has 0 aromatic heterocycles. The number of hydrogen-bond acceptors (Lipinski definition) is 5. The number of ether oxygens (including phenoxy) is 3. The van der Waals surface area contributed by atoms with Crippen LogP contribution in [-0.2, 0) is 19.1 Å². The summed E-state index contributed by atoms with van der Waals surface area (Å²) >= 11 is 5.91. The first-order valence-electron chi connectivity index (χ1n) is 6.57. The van der Waals surface area contributed by atoms with Crippen molar-refractivity contribution >= 4 is 29.6 Å². The second-order valence-corrected chi connectivity index (χ2v) is 5.45. The summed E-state index contributed by atoms with van der Waals surface area (Å²) in [6, 6.07) is 5.16. The van der Waals surface area contributed by atoms with E-state index < -0.39 is 18.0 Å². The molecule has 1 fully saturated rings. The summed E-state index contributed by atoms with van der Waals surface area (Å²) in [7, 11) is 0. The molecule has 0 bridgehead atoms. The summed E-state index contributed by atoms with van der Waals surface area (Å²) in [6.07, 6.45) is 0.971. The molecule has 2 aliphatic heterocycles. The molecule has 0 amide bonds. The highest BCUT2D eigenvalue weighted by atomic mass is 35.5. The number of benzene rings is 1. The Labute approximate surface area is 126 Å². The standard InChI is InChI=1S/C15H13ClO5/c1-8-4-13(15(18)20-8)21-14(17)10-5-9-6-11(16)2-3-12(9)19-7-10/h2-3,5-6,8,13H,4,7H2,1H3/t8-,13-/m1/s1. The van der Waals surface area contributed by atoms with Crippen molar-refractivity contribution in [1.29, 1.82) is 0 Å². The van der Waals surface area contributed by atoms with E-state index in [0.717, 1.165) is 0 Å². The zero-order valence-corrected chi connectivity index (χ0v) is 12.1. The summed E-state index contributed by atoms with van der Waals surface area (Å²) in [5.41, 5.74) is 1.06. The van der Waals surface area contributed by atoms with Crippen molar-refractivity contribution in [1.82, 2.24) is 0 Å². The van der Waals surface area contributed by atoms with Crippen LogP contribution in [0, 0.1) is 0 Å². The van der Waals surface area contributed by atoms with Gasteiger partial charge in [0.1, 0.15) is 18.5 Å². The molecule has 21 heavy (non-hydrogen) atoms. The van der Waals surface area contributed by atoms with Crippen LogP contribution in [-0.4, -0.2) is 30.8 Å². The fourth-order valence-electron chi connectivity index (χ4n) is 2.29. The SMILES string of the molecule is C[C@@H]1C[C@@H](OC(=O)C2=Cc3cc(Cl)ccc3OC2)C(=O)O1. The molecule has 3 rings (SSSR count). The van der Waals surface area contributed by atoms with E-state index in [-0.39, 0.29) is 12.7 Å². The van der Waals surface area contributed by atoms with Gasteiger partial charge in [-0.15, -0.1) is 0 Å². The van der Waals surface area contributed by atoms with E-state index in [1.807, 2.05) is 0 Å². The number of esters is 2. The number of cyclic esters (lactones) is 1. The van der Waals surface area contributed by atoms with Crippen molar-refractivity contribution in [3.05, 3.63) is 34.4 Å². The molecule has 1 saturated heterocycles. The predicted molar refractivity (Wildman–Crippen MR) is 75.0 cm³/mol. The van der Waals surface area contributed by atoms with Gasteiger partial charge < -0.3 is 14.2 Å². The van der Waals surface area contributed by atoms with Crippen LogP contribution in [0.5, 0.6) is 5.75 Å². The highest BCUT2D eigenvalue weighted by Gasteiger charge is 2.36. The Morgan fingerprint density at radius 1 is 1.43 bits per heavy atom. The fraction of sp³-hybridized carbons (Fsp3) is 0.333. The Bertz CT molecular complexity index is 637. The smallest absolute Gasteiger partial charge is 0.347 e. The van der Waals surface area contributed by atoms with Gasteiger partial charge in [0.25, 0.3) is 0 Å². The quantitative estimate of drug-likeness (QED) is 0.785. The largest absolute Gasteiger partial charge is 0.488 e. The van der Waals surface area contributed by atoms with E-state index in [9.17, 15) is 9.59 Å². The Balaban J connectivity index is 1.75. The van der Waals surface area contributed by atoms with Gasteiger partial charge in [0.15, 0.2) is 0 Å². The molecule has 5 nitrogen and oxygen atoms in total. The lowest BCUT2D eigenvalue weighted by Crippen LogP contribution is -2.26. The third-order valence-corrected chi connectivity index (χ3v) is 3.56. The lowest BCUT2D eigenvalue weighted by atomic mass is 10.1. The molecule has 0 aliphatic carbocycles. The first-order valence-corrected chi connectivity index (χ1v) is 6.95. The van der Waals surface area contributed by atoms with Gasteiger partial charge in [0, 0.05) is 17.0 Å². The van der Waals surface area contributed by atoms with Gasteiger partial charge >= 0.3 is 11.9 Å². The maximum Gasteiger partial charge on any atom is 0.347 e. The van der Waals surface area contributed by atoms with Crippen LogP contribution in [0.3, 0.4) is 0 Å². The van der Waals surface area contributed by atoms with Crippen molar-refractivity contribution in [2.45, 2.75) is 25.6 Å². The van der Waals surface area contributed by atoms with Gasteiger partial charge in [-0.3, -0.25) is 0 Å². The molecule has 110 valence electrons. The van der Waals surface area contributed by atoms with Crippen molar-refractivity contribution in [2.75, 3.05) is 6.61 Å². The summed E-state index contributed by atoms with van der Waals surface area (Å²) in [5.74, 6) is -0.418. The van der Waals surface area contributed by atoms with E-state index in [2.05, 4.69) is 0 Å². The van der Waals surface area contributed by atoms with E-state index in [1.54, 1.807) is 31.2 Å².